The second kappa shape index (κ2) is 9.02. The second-order valence-corrected chi connectivity index (χ2v) is 8.26. The molecule has 2 atom stereocenters. The van der Waals surface area contributed by atoms with Crippen LogP contribution in [0.2, 0.25) is 0 Å². The van der Waals surface area contributed by atoms with Gasteiger partial charge in [0, 0.05) is 18.8 Å². The van der Waals surface area contributed by atoms with Crippen LogP contribution in [0.1, 0.15) is 28.7 Å². The fourth-order valence-corrected chi connectivity index (χ4v) is 3.88. The Morgan fingerprint density at radius 1 is 1.10 bits per heavy atom. The van der Waals surface area contributed by atoms with Crippen molar-refractivity contribution < 1.29 is 14.2 Å². The molecule has 5 heteroatoms. The zero-order valence-corrected chi connectivity index (χ0v) is 18.0. The smallest absolute Gasteiger partial charge is 0.187 e. The number of aromatic nitrogens is 2. The highest BCUT2D eigenvalue weighted by atomic mass is 16.8. The normalized spacial score (nSPS) is 21.1. The maximum Gasteiger partial charge on any atom is 0.187 e. The highest BCUT2D eigenvalue weighted by molar-refractivity contribution is 5.35. The molecule has 2 unspecified atom stereocenters. The number of hydrogen-bond donors (Lipinski definition) is 0. The molecule has 2 aromatic carbocycles. The van der Waals surface area contributed by atoms with Crippen LogP contribution < -0.4 is 4.74 Å². The number of hydrogen-bond acceptors (Lipinski definition) is 4. The number of benzene rings is 2. The van der Waals surface area contributed by atoms with E-state index < -0.39 is 5.79 Å². The highest BCUT2D eigenvalue weighted by Gasteiger charge is 2.42. The van der Waals surface area contributed by atoms with Crippen molar-refractivity contribution in [2.45, 2.75) is 52.0 Å². The predicted octanol–water partition coefficient (Wildman–Crippen LogP) is 4.63. The monoisotopic (exact) mass is 406 g/mol. The van der Waals surface area contributed by atoms with Crippen molar-refractivity contribution in [1.82, 2.24) is 9.55 Å². The van der Waals surface area contributed by atoms with Gasteiger partial charge in [-0.05, 0) is 44.4 Å². The number of nitrogens with zero attached hydrogens (tertiary/aromatic N) is 2. The minimum Gasteiger partial charge on any atom is -0.491 e. The van der Waals surface area contributed by atoms with Crippen LogP contribution >= 0.6 is 0 Å². The highest BCUT2D eigenvalue weighted by Crippen LogP contribution is 2.31. The molecule has 0 aliphatic carbocycles. The summed E-state index contributed by atoms with van der Waals surface area (Å²) in [7, 11) is 0. The van der Waals surface area contributed by atoms with Crippen LogP contribution in [0.3, 0.4) is 0 Å². The van der Waals surface area contributed by atoms with Gasteiger partial charge in [-0.15, -0.1) is 0 Å². The zero-order valence-electron chi connectivity index (χ0n) is 18.0. The number of rotatable bonds is 8. The lowest BCUT2D eigenvalue weighted by molar-refractivity contribution is -0.184. The summed E-state index contributed by atoms with van der Waals surface area (Å²) in [6.45, 7) is 7.86. The van der Waals surface area contributed by atoms with Gasteiger partial charge in [0.2, 0.25) is 0 Å². The summed E-state index contributed by atoms with van der Waals surface area (Å²) >= 11 is 0. The molecule has 30 heavy (non-hydrogen) atoms. The molecule has 2 heterocycles. The molecular weight excluding hydrogens is 376 g/mol. The van der Waals surface area contributed by atoms with Crippen LogP contribution in [0.15, 0.2) is 61.2 Å². The molecule has 1 aliphatic rings. The average Bonchev–Trinajstić information content (AvgIpc) is 3.38. The third-order valence-corrected chi connectivity index (χ3v) is 5.57. The van der Waals surface area contributed by atoms with E-state index in [0.717, 1.165) is 24.2 Å². The molecule has 1 fully saturated rings. The zero-order chi connectivity index (χ0) is 21.0. The quantitative estimate of drug-likeness (QED) is 0.547. The lowest BCUT2D eigenvalue weighted by Gasteiger charge is -2.28. The summed E-state index contributed by atoms with van der Waals surface area (Å²) < 4.78 is 20.8. The molecule has 1 aliphatic heterocycles. The second-order valence-electron chi connectivity index (χ2n) is 8.26. The van der Waals surface area contributed by atoms with E-state index in [0.29, 0.717) is 19.8 Å². The Labute approximate surface area is 178 Å². The summed E-state index contributed by atoms with van der Waals surface area (Å²) in [6, 6.07) is 14.9. The van der Waals surface area contributed by atoms with Crippen LogP contribution in [0.4, 0.5) is 0 Å². The minimum atomic E-state index is -0.679. The van der Waals surface area contributed by atoms with Crippen molar-refractivity contribution in [3.63, 3.8) is 0 Å². The first-order chi connectivity index (χ1) is 14.5. The Hall–Kier alpha value is -2.63. The van der Waals surface area contributed by atoms with Gasteiger partial charge >= 0.3 is 0 Å². The molecular formula is C25H30N2O3. The van der Waals surface area contributed by atoms with Gasteiger partial charge in [-0.2, -0.15) is 0 Å². The van der Waals surface area contributed by atoms with E-state index in [1.807, 2.05) is 16.8 Å². The van der Waals surface area contributed by atoms with Gasteiger partial charge in [0.1, 0.15) is 18.5 Å². The lowest BCUT2D eigenvalue weighted by Crippen LogP contribution is -2.37. The largest absolute Gasteiger partial charge is 0.491 e. The Bertz CT molecular complexity index is 953. The number of imidazole rings is 1. The molecule has 0 N–H and O–H groups in total. The van der Waals surface area contributed by atoms with Crippen LogP contribution in [-0.2, 0) is 22.4 Å². The number of ether oxygens (including phenoxy) is 3. The fourth-order valence-electron chi connectivity index (χ4n) is 3.88. The molecule has 0 spiro atoms. The Morgan fingerprint density at radius 3 is 2.63 bits per heavy atom. The van der Waals surface area contributed by atoms with Gasteiger partial charge in [-0.25, -0.2) is 4.98 Å². The van der Waals surface area contributed by atoms with E-state index in [1.54, 1.807) is 12.5 Å². The molecule has 1 aromatic heterocycles. The van der Waals surface area contributed by atoms with Crippen molar-refractivity contribution in [3.05, 3.63) is 83.4 Å². The van der Waals surface area contributed by atoms with E-state index in [2.05, 4.69) is 62.2 Å². The van der Waals surface area contributed by atoms with Crippen LogP contribution in [0.25, 0.3) is 0 Å². The van der Waals surface area contributed by atoms with Gasteiger partial charge in [0.15, 0.2) is 5.79 Å². The molecule has 4 rings (SSSR count). The molecule has 158 valence electrons. The SMILES string of the molecule is Cc1ccc(CCC2(Cn3ccnc3)OCC(COc3ccc(C)cc3C)O2)cc1. The maximum atomic E-state index is 6.46. The Kier molecular flexibility index (Phi) is 6.21. The van der Waals surface area contributed by atoms with Crippen LogP contribution in [-0.4, -0.2) is 34.7 Å². The van der Waals surface area contributed by atoms with Gasteiger partial charge in [0.25, 0.3) is 0 Å². The molecule has 5 nitrogen and oxygen atoms in total. The van der Waals surface area contributed by atoms with Crippen molar-refractivity contribution in [2.24, 2.45) is 0 Å². The van der Waals surface area contributed by atoms with Gasteiger partial charge in [-0.1, -0.05) is 47.5 Å². The summed E-state index contributed by atoms with van der Waals surface area (Å²) in [5.41, 5.74) is 4.92. The average molecular weight is 407 g/mol. The minimum absolute atomic E-state index is 0.104. The van der Waals surface area contributed by atoms with Crippen molar-refractivity contribution in [2.75, 3.05) is 13.2 Å². The first-order valence-electron chi connectivity index (χ1n) is 10.5. The summed E-state index contributed by atoms with van der Waals surface area (Å²) in [5.74, 6) is 0.220. The van der Waals surface area contributed by atoms with Gasteiger partial charge < -0.3 is 18.8 Å². The third kappa shape index (κ3) is 5.10. The van der Waals surface area contributed by atoms with Crippen molar-refractivity contribution in [3.8, 4) is 5.75 Å². The standard InChI is InChI=1S/C25H30N2O3/c1-19-4-7-22(8-5-19)10-11-25(17-27-13-12-26-18-27)29-16-23(30-25)15-28-24-9-6-20(2)14-21(24)3/h4-9,12-14,18,23H,10-11,15-17H2,1-3H3. The molecule has 0 bridgehead atoms. The van der Waals surface area contributed by atoms with E-state index in [9.17, 15) is 0 Å². The third-order valence-electron chi connectivity index (χ3n) is 5.57. The Morgan fingerprint density at radius 2 is 1.90 bits per heavy atom. The summed E-state index contributed by atoms with van der Waals surface area (Å²) in [5, 5.41) is 0. The number of aryl methyl sites for hydroxylation is 4. The Balaban J connectivity index is 1.41. The van der Waals surface area contributed by atoms with E-state index in [-0.39, 0.29) is 6.10 Å². The van der Waals surface area contributed by atoms with E-state index >= 15 is 0 Å². The predicted molar refractivity (Wildman–Crippen MR) is 117 cm³/mol. The lowest BCUT2D eigenvalue weighted by atomic mass is 10.0. The fraction of sp³-hybridized carbons (Fsp3) is 0.400. The molecule has 0 amide bonds. The summed E-state index contributed by atoms with van der Waals surface area (Å²) in [4.78, 5) is 4.16. The van der Waals surface area contributed by atoms with Crippen molar-refractivity contribution >= 4 is 0 Å². The molecule has 0 radical (unpaired) electrons. The first-order valence-corrected chi connectivity index (χ1v) is 10.5. The van der Waals surface area contributed by atoms with Crippen LogP contribution in [0, 0.1) is 20.8 Å². The molecule has 1 saturated heterocycles. The van der Waals surface area contributed by atoms with Gasteiger partial charge in [-0.3, -0.25) is 0 Å². The van der Waals surface area contributed by atoms with E-state index in [4.69, 9.17) is 14.2 Å². The molecule has 3 aromatic rings. The maximum absolute atomic E-state index is 6.46. The van der Waals surface area contributed by atoms with E-state index in [1.165, 1.54) is 16.7 Å². The topological polar surface area (TPSA) is 45.5 Å². The molecule has 0 saturated carbocycles. The summed E-state index contributed by atoms with van der Waals surface area (Å²) in [6.07, 6.45) is 7.09. The van der Waals surface area contributed by atoms with Crippen molar-refractivity contribution in [1.29, 1.82) is 0 Å². The van der Waals surface area contributed by atoms with Crippen LogP contribution in [0.5, 0.6) is 5.75 Å². The first kappa shape index (κ1) is 20.6. The van der Waals surface area contributed by atoms with Gasteiger partial charge in [0.05, 0.1) is 19.5 Å².